The Morgan fingerprint density at radius 1 is 1.53 bits per heavy atom. The molecule has 1 N–H and O–H groups in total. The van der Waals surface area contributed by atoms with E-state index < -0.39 is 32.7 Å². The van der Waals surface area contributed by atoms with Crippen LogP contribution in [0, 0.1) is 12.7 Å². The third kappa shape index (κ3) is 2.60. The van der Waals surface area contributed by atoms with Crippen molar-refractivity contribution in [3.63, 3.8) is 0 Å². The summed E-state index contributed by atoms with van der Waals surface area (Å²) in [4.78, 5) is 10.6. The first kappa shape index (κ1) is 14.3. The number of halogens is 1. The highest BCUT2D eigenvalue weighted by molar-refractivity contribution is 8.00. The molecule has 2 rings (SSSR count). The Balaban J connectivity index is 2.48. The molecule has 8 heteroatoms. The SMILES string of the molecule is Cc1ccc(F)c(S(=O)(=O)N2CSC[C@@H]2C(=O)O)c1. The highest BCUT2D eigenvalue weighted by Crippen LogP contribution is 2.29. The summed E-state index contributed by atoms with van der Waals surface area (Å²) >= 11 is 1.19. The summed E-state index contributed by atoms with van der Waals surface area (Å²) in [7, 11) is -4.13. The second-order valence-electron chi connectivity index (χ2n) is 4.18. The molecule has 0 spiro atoms. The summed E-state index contributed by atoms with van der Waals surface area (Å²) in [6, 6.07) is 2.60. The van der Waals surface area contributed by atoms with Gasteiger partial charge in [-0.2, -0.15) is 4.31 Å². The maximum absolute atomic E-state index is 13.7. The molecule has 0 radical (unpaired) electrons. The normalized spacial score (nSPS) is 20.6. The Morgan fingerprint density at radius 3 is 2.84 bits per heavy atom. The molecule has 0 bridgehead atoms. The van der Waals surface area contributed by atoms with E-state index in [0.717, 1.165) is 10.4 Å². The predicted molar refractivity (Wildman–Crippen MR) is 68.9 cm³/mol. The van der Waals surface area contributed by atoms with Gasteiger partial charge in [0.1, 0.15) is 16.8 Å². The number of sulfonamides is 1. The van der Waals surface area contributed by atoms with Gasteiger partial charge < -0.3 is 5.11 Å². The lowest BCUT2D eigenvalue weighted by Crippen LogP contribution is -2.41. The van der Waals surface area contributed by atoms with E-state index in [0.29, 0.717) is 5.56 Å². The highest BCUT2D eigenvalue weighted by atomic mass is 32.2. The van der Waals surface area contributed by atoms with Crippen LogP contribution < -0.4 is 0 Å². The number of hydrogen-bond acceptors (Lipinski definition) is 4. The van der Waals surface area contributed by atoms with Gasteiger partial charge in [0, 0.05) is 5.75 Å². The number of rotatable bonds is 3. The summed E-state index contributed by atoms with van der Waals surface area (Å²) in [5.74, 6) is -1.90. The van der Waals surface area contributed by atoms with Crippen LogP contribution in [-0.4, -0.2) is 41.5 Å². The molecule has 0 unspecified atom stereocenters. The molecule has 1 heterocycles. The van der Waals surface area contributed by atoms with Crippen molar-refractivity contribution in [1.29, 1.82) is 0 Å². The van der Waals surface area contributed by atoms with E-state index in [1.54, 1.807) is 6.92 Å². The monoisotopic (exact) mass is 305 g/mol. The third-order valence-electron chi connectivity index (χ3n) is 2.80. The molecular formula is C11H12FNO4S2. The first-order valence-corrected chi connectivity index (χ1v) is 8.02. The number of carboxylic acid groups (broad SMARTS) is 1. The van der Waals surface area contributed by atoms with E-state index in [1.165, 1.54) is 23.9 Å². The smallest absolute Gasteiger partial charge is 0.322 e. The Bertz CT molecular complexity index is 617. The first-order valence-electron chi connectivity index (χ1n) is 5.42. The molecule has 1 aliphatic rings. The highest BCUT2D eigenvalue weighted by Gasteiger charge is 2.41. The number of aliphatic carboxylic acids is 1. The standard InChI is InChI=1S/C11H12FNO4S2/c1-7-2-3-8(12)10(4-7)19(16,17)13-6-18-5-9(13)11(14)15/h2-4,9H,5-6H2,1H3,(H,14,15)/t9-/m1/s1. The number of aryl methyl sites for hydroxylation is 1. The summed E-state index contributed by atoms with van der Waals surface area (Å²) < 4.78 is 39.2. The largest absolute Gasteiger partial charge is 0.480 e. The van der Waals surface area contributed by atoms with Crippen LogP contribution in [0.25, 0.3) is 0 Å². The number of thioether (sulfide) groups is 1. The number of nitrogens with zero attached hydrogens (tertiary/aromatic N) is 1. The molecule has 1 atom stereocenters. The van der Waals surface area contributed by atoms with Gasteiger partial charge in [-0.1, -0.05) is 6.07 Å². The van der Waals surface area contributed by atoms with Gasteiger partial charge in [-0.05, 0) is 24.6 Å². The van der Waals surface area contributed by atoms with Crippen LogP contribution in [0.5, 0.6) is 0 Å². The maximum Gasteiger partial charge on any atom is 0.322 e. The van der Waals surface area contributed by atoms with Crippen molar-refractivity contribution in [3.05, 3.63) is 29.6 Å². The Labute approximate surface area is 114 Å². The van der Waals surface area contributed by atoms with E-state index in [-0.39, 0.29) is 11.6 Å². The molecule has 1 fully saturated rings. The maximum atomic E-state index is 13.7. The van der Waals surface area contributed by atoms with Gasteiger partial charge >= 0.3 is 5.97 Å². The summed E-state index contributed by atoms with van der Waals surface area (Å²) in [5, 5.41) is 9.00. The van der Waals surface area contributed by atoms with Crippen LogP contribution in [-0.2, 0) is 14.8 Å². The zero-order valence-electron chi connectivity index (χ0n) is 10.0. The summed E-state index contributed by atoms with van der Waals surface area (Å²) in [6.45, 7) is 1.64. The molecule has 1 aliphatic heterocycles. The van der Waals surface area contributed by atoms with Gasteiger partial charge in [0.2, 0.25) is 10.0 Å². The summed E-state index contributed by atoms with van der Waals surface area (Å²) in [5.41, 5.74) is 0.596. The molecule has 1 aromatic carbocycles. The minimum Gasteiger partial charge on any atom is -0.480 e. The lowest BCUT2D eigenvalue weighted by atomic mass is 10.2. The van der Waals surface area contributed by atoms with Crippen molar-refractivity contribution < 1.29 is 22.7 Å². The van der Waals surface area contributed by atoms with E-state index in [1.807, 2.05) is 0 Å². The van der Waals surface area contributed by atoms with E-state index in [2.05, 4.69) is 0 Å². The van der Waals surface area contributed by atoms with Gasteiger partial charge in [-0.15, -0.1) is 11.8 Å². The average molecular weight is 305 g/mol. The van der Waals surface area contributed by atoms with Crippen molar-refractivity contribution in [2.75, 3.05) is 11.6 Å². The lowest BCUT2D eigenvalue weighted by molar-refractivity contribution is -0.140. The Kier molecular flexibility index (Phi) is 3.84. The number of carbonyl (C=O) groups is 1. The predicted octanol–water partition coefficient (Wildman–Crippen LogP) is 1.28. The van der Waals surface area contributed by atoms with Crippen molar-refractivity contribution in [2.45, 2.75) is 17.9 Å². The number of carboxylic acids is 1. The van der Waals surface area contributed by atoms with Crippen molar-refractivity contribution >= 4 is 27.8 Å². The van der Waals surface area contributed by atoms with Gasteiger partial charge in [0.25, 0.3) is 0 Å². The first-order chi connectivity index (χ1) is 8.84. The average Bonchev–Trinajstić information content (AvgIpc) is 2.82. The van der Waals surface area contributed by atoms with Crippen molar-refractivity contribution in [3.8, 4) is 0 Å². The second-order valence-corrected chi connectivity index (χ2v) is 7.04. The van der Waals surface area contributed by atoms with Gasteiger partial charge in [0.05, 0.1) is 5.88 Å². The van der Waals surface area contributed by atoms with E-state index in [4.69, 9.17) is 5.11 Å². The summed E-state index contributed by atoms with van der Waals surface area (Å²) in [6.07, 6.45) is 0. The van der Waals surface area contributed by atoms with Crippen LogP contribution in [0.3, 0.4) is 0 Å². The van der Waals surface area contributed by atoms with E-state index in [9.17, 15) is 17.6 Å². The minimum atomic E-state index is -4.13. The van der Waals surface area contributed by atoms with Gasteiger partial charge in [0.15, 0.2) is 0 Å². The molecule has 0 aromatic heterocycles. The van der Waals surface area contributed by atoms with Gasteiger partial charge in [-0.3, -0.25) is 4.79 Å². The number of benzene rings is 1. The third-order valence-corrected chi connectivity index (χ3v) is 5.85. The fraction of sp³-hybridized carbons (Fsp3) is 0.364. The van der Waals surface area contributed by atoms with Crippen LogP contribution >= 0.6 is 11.8 Å². The molecule has 0 aliphatic carbocycles. The Morgan fingerprint density at radius 2 is 2.21 bits per heavy atom. The van der Waals surface area contributed by atoms with Crippen molar-refractivity contribution in [1.82, 2.24) is 4.31 Å². The molecular weight excluding hydrogens is 293 g/mol. The fourth-order valence-electron chi connectivity index (χ4n) is 1.79. The van der Waals surface area contributed by atoms with Crippen LogP contribution in [0.4, 0.5) is 4.39 Å². The lowest BCUT2D eigenvalue weighted by Gasteiger charge is -2.20. The van der Waals surface area contributed by atoms with Crippen LogP contribution in [0.1, 0.15) is 5.56 Å². The quantitative estimate of drug-likeness (QED) is 0.910. The second kappa shape index (κ2) is 5.10. The topological polar surface area (TPSA) is 74.7 Å². The zero-order chi connectivity index (χ0) is 14.2. The zero-order valence-corrected chi connectivity index (χ0v) is 11.7. The molecule has 104 valence electrons. The minimum absolute atomic E-state index is 0.0205. The molecule has 5 nitrogen and oxygen atoms in total. The molecule has 0 saturated carbocycles. The van der Waals surface area contributed by atoms with Crippen molar-refractivity contribution in [2.24, 2.45) is 0 Å². The van der Waals surface area contributed by atoms with Gasteiger partial charge in [-0.25, -0.2) is 12.8 Å². The van der Waals surface area contributed by atoms with Crippen LogP contribution in [0.2, 0.25) is 0 Å². The fourth-order valence-corrected chi connectivity index (χ4v) is 5.08. The van der Waals surface area contributed by atoms with Crippen LogP contribution in [0.15, 0.2) is 23.1 Å². The van der Waals surface area contributed by atoms with E-state index >= 15 is 0 Å². The molecule has 1 saturated heterocycles. The number of hydrogen-bond donors (Lipinski definition) is 1. The Hall–Kier alpha value is -1.12. The molecule has 1 aromatic rings. The molecule has 0 amide bonds. The molecule has 19 heavy (non-hydrogen) atoms.